The van der Waals surface area contributed by atoms with E-state index in [-0.39, 0.29) is 5.56 Å². The zero-order valence-electron chi connectivity index (χ0n) is 11.1. The molecule has 2 aromatic heterocycles. The van der Waals surface area contributed by atoms with Crippen LogP contribution in [-0.4, -0.2) is 16.7 Å². The smallest absolute Gasteiger partial charge is 0.250 e. The van der Waals surface area contributed by atoms with Crippen molar-refractivity contribution in [3.05, 3.63) is 52.6 Å². The van der Waals surface area contributed by atoms with Gasteiger partial charge in [-0.25, -0.2) is 4.98 Å². The lowest BCUT2D eigenvalue weighted by Crippen LogP contribution is -2.17. The molecule has 0 saturated heterocycles. The summed E-state index contributed by atoms with van der Waals surface area (Å²) in [6.07, 6.45) is 1.81. The Kier molecular flexibility index (Phi) is 4.18. The van der Waals surface area contributed by atoms with Crippen molar-refractivity contribution >= 4 is 5.69 Å². The molecule has 2 heterocycles. The summed E-state index contributed by atoms with van der Waals surface area (Å²) in [5.74, 6) is 0.595. The van der Waals surface area contributed by atoms with Gasteiger partial charge >= 0.3 is 0 Å². The molecule has 0 atom stereocenters. The molecule has 0 radical (unpaired) electrons. The first kappa shape index (κ1) is 13.1. The van der Waals surface area contributed by atoms with Gasteiger partial charge in [0.2, 0.25) is 5.88 Å². The molecule has 0 amide bonds. The Bertz CT molecular complexity index is 608. The maximum absolute atomic E-state index is 11.5. The largest absolute Gasteiger partial charge is 0.481 e. The van der Waals surface area contributed by atoms with Crippen LogP contribution in [-0.2, 0) is 13.1 Å². The zero-order chi connectivity index (χ0) is 13.7. The summed E-state index contributed by atoms with van der Waals surface area (Å²) in [6.45, 7) is 3.18. The standard InChI is InChI=1S/C14H17N3O2/c1-3-17-10-12(7-8-14(17)18)15-9-11-5-4-6-13(16-11)19-2/h4-8,10,15H,3,9H2,1-2H3. The Labute approximate surface area is 111 Å². The third-order valence-electron chi connectivity index (χ3n) is 2.79. The first-order valence-electron chi connectivity index (χ1n) is 6.17. The van der Waals surface area contributed by atoms with Gasteiger partial charge < -0.3 is 14.6 Å². The van der Waals surface area contributed by atoms with Crippen LogP contribution in [0, 0.1) is 0 Å². The number of methoxy groups -OCH3 is 1. The predicted molar refractivity (Wildman–Crippen MR) is 74.5 cm³/mol. The molecule has 5 heteroatoms. The van der Waals surface area contributed by atoms with E-state index in [1.807, 2.05) is 25.3 Å². The van der Waals surface area contributed by atoms with E-state index >= 15 is 0 Å². The molecule has 2 rings (SSSR count). The van der Waals surface area contributed by atoms with E-state index in [2.05, 4.69) is 10.3 Å². The molecule has 0 fully saturated rings. The molecule has 0 spiro atoms. The van der Waals surface area contributed by atoms with E-state index in [0.717, 1.165) is 11.4 Å². The Hall–Kier alpha value is -2.30. The number of hydrogen-bond donors (Lipinski definition) is 1. The highest BCUT2D eigenvalue weighted by Crippen LogP contribution is 2.09. The van der Waals surface area contributed by atoms with Gasteiger partial charge in [-0.3, -0.25) is 4.79 Å². The van der Waals surface area contributed by atoms with Crippen LogP contribution in [0.1, 0.15) is 12.6 Å². The minimum absolute atomic E-state index is 0.00700. The highest BCUT2D eigenvalue weighted by Gasteiger charge is 2.00. The Morgan fingerprint density at radius 3 is 2.89 bits per heavy atom. The average Bonchev–Trinajstić information content (AvgIpc) is 2.46. The first-order chi connectivity index (χ1) is 9.22. The molecule has 0 aliphatic carbocycles. The quantitative estimate of drug-likeness (QED) is 0.890. The highest BCUT2D eigenvalue weighted by atomic mass is 16.5. The Morgan fingerprint density at radius 1 is 1.32 bits per heavy atom. The van der Waals surface area contributed by atoms with Crippen LogP contribution in [0.25, 0.3) is 0 Å². The Morgan fingerprint density at radius 2 is 2.16 bits per heavy atom. The highest BCUT2D eigenvalue weighted by molar-refractivity contribution is 5.40. The molecule has 0 aliphatic heterocycles. The van der Waals surface area contributed by atoms with Gasteiger partial charge in [0, 0.05) is 24.9 Å². The van der Waals surface area contributed by atoms with Gasteiger partial charge in [0.25, 0.3) is 5.56 Å². The second-order valence-corrected chi connectivity index (χ2v) is 4.07. The summed E-state index contributed by atoms with van der Waals surface area (Å²) < 4.78 is 6.73. The van der Waals surface area contributed by atoms with Crippen molar-refractivity contribution in [3.63, 3.8) is 0 Å². The van der Waals surface area contributed by atoms with Crippen LogP contribution >= 0.6 is 0 Å². The van der Waals surface area contributed by atoms with Gasteiger partial charge in [-0.2, -0.15) is 0 Å². The maximum Gasteiger partial charge on any atom is 0.250 e. The number of aromatic nitrogens is 2. The monoisotopic (exact) mass is 259 g/mol. The van der Waals surface area contributed by atoms with Gasteiger partial charge in [0.1, 0.15) is 0 Å². The van der Waals surface area contributed by atoms with Crippen molar-refractivity contribution in [1.29, 1.82) is 0 Å². The number of rotatable bonds is 5. The average molecular weight is 259 g/mol. The van der Waals surface area contributed by atoms with E-state index in [1.54, 1.807) is 29.9 Å². The van der Waals surface area contributed by atoms with E-state index in [1.165, 1.54) is 0 Å². The van der Waals surface area contributed by atoms with Crippen LogP contribution in [0.2, 0.25) is 0 Å². The summed E-state index contributed by atoms with van der Waals surface area (Å²) in [6, 6.07) is 8.96. The number of pyridine rings is 2. The molecule has 2 aromatic rings. The fourth-order valence-corrected chi connectivity index (χ4v) is 1.75. The molecule has 0 aromatic carbocycles. The molecule has 0 saturated carbocycles. The third kappa shape index (κ3) is 3.34. The van der Waals surface area contributed by atoms with Crippen LogP contribution in [0.15, 0.2) is 41.3 Å². The summed E-state index contributed by atoms with van der Waals surface area (Å²) >= 11 is 0. The van der Waals surface area contributed by atoms with Gasteiger partial charge in [-0.05, 0) is 19.1 Å². The number of anilines is 1. The summed E-state index contributed by atoms with van der Waals surface area (Å²) in [7, 11) is 1.59. The second-order valence-electron chi connectivity index (χ2n) is 4.07. The Balaban J connectivity index is 2.07. The molecule has 0 aliphatic rings. The molecule has 0 unspecified atom stereocenters. The number of nitrogens with zero attached hydrogens (tertiary/aromatic N) is 2. The summed E-state index contributed by atoms with van der Waals surface area (Å²) in [5, 5.41) is 3.24. The molecule has 5 nitrogen and oxygen atoms in total. The van der Waals surface area contributed by atoms with Crippen molar-refractivity contribution in [3.8, 4) is 5.88 Å². The predicted octanol–water partition coefficient (Wildman–Crippen LogP) is 1.88. The molecular formula is C14H17N3O2. The van der Waals surface area contributed by atoms with Crippen LogP contribution < -0.4 is 15.6 Å². The van der Waals surface area contributed by atoms with E-state index in [9.17, 15) is 4.79 Å². The number of hydrogen-bond acceptors (Lipinski definition) is 4. The van der Waals surface area contributed by atoms with Crippen LogP contribution in [0.4, 0.5) is 5.69 Å². The molecule has 1 N–H and O–H groups in total. The second kappa shape index (κ2) is 6.04. The molecule has 19 heavy (non-hydrogen) atoms. The third-order valence-corrected chi connectivity index (χ3v) is 2.79. The first-order valence-corrected chi connectivity index (χ1v) is 6.17. The van der Waals surface area contributed by atoms with Crippen molar-refractivity contribution in [2.45, 2.75) is 20.0 Å². The molecule has 100 valence electrons. The van der Waals surface area contributed by atoms with Gasteiger partial charge in [0.05, 0.1) is 25.0 Å². The summed E-state index contributed by atoms with van der Waals surface area (Å²) in [4.78, 5) is 15.8. The topological polar surface area (TPSA) is 56.1 Å². The lowest BCUT2D eigenvalue weighted by molar-refractivity contribution is 0.396. The van der Waals surface area contributed by atoms with E-state index < -0.39 is 0 Å². The van der Waals surface area contributed by atoms with Crippen molar-refractivity contribution in [2.75, 3.05) is 12.4 Å². The van der Waals surface area contributed by atoms with Crippen molar-refractivity contribution in [1.82, 2.24) is 9.55 Å². The number of nitrogens with one attached hydrogen (secondary N) is 1. The number of aryl methyl sites for hydroxylation is 1. The fourth-order valence-electron chi connectivity index (χ4n) is 1.75. The SMILES string of the molecule is CCn1cc(NCc2cccc(OC)n2)ccc1=O. The van der Waals surface area contributed by atoms with Gasteiger partial charge in [-0.15, -0.1) is 0 Å². The van der Waals surface area contributed by atoms with E-state index in [4.69, 9.17) is 4.74 Å². The minimum Gasteiger partial charge on any atom is -0.481 e. The van der Waals surface area contributed by atoms with Gasteiger partial charge in [0.15, 0.2) is 0 Å². The maximum atomic E-state index is 11.5. The lowest BCUT2D eigenvalue weighted by atomic mass is 10.3. The minimum atomic E-state index is 0.00700. The summed E-state index contributed by atoms with van der Waals surface area (Å²) in [5.41, 5.74) is 1.78. The normalized spacial score (nSPS) is 10.2. The van der Waals surface area contributed by atoms with Crippen molar-refractivity contribution < 1.29 is 4.74 Å². The fraction of sp³-hybridized carbons (Fsp3) is 0.286. The van der Waals surface area contributed by atoms with Gasteiger partial charge in [-0.1, -0.05) is 6.07 Å². The lowest BCUT2D eigenvalue weighted by Gasteiger charge is -2.09. The zero-order valence-corrected chi connectivity index (χ0v) is 11.1. The van der Waals surface area contributed by atoms with Crippen LogP contribution in [0.3, 0.4) is 0 Å². The molecular weight excluding hydrogens is 242 g/mol. The van der Waals surface area contributed by atoms with E-state index in [0.29, 0.717) is 19.0 Å². The number of ether oxygens (including phenoxy) is 1. The van der Waals surface area contributed by atoms with Crippen LogP contribution in [0.5, 0.6) is 5.88 Å². The van der Waals surface area contributed by atoms with Crippen molar-refractivity contribution in [2.24, 2.45) is 0 Å². The molecule has 0 bridgehead atoms.